The molecule has 0 aromatic heterocycles. The van der Waals surface area contributed by atoms with Gasteiger partial charge in [-0.1, -0.05) is 17.7 Å². The predicted molar refractivity (Wildman–Crippen MR) is 93.7 cm³/mol. The summed E-state index contributed by atoms with van der Waals surface area (Å²) in [7, 11) is 0. The van der Waals surface area contributed by atoms with E-state index >= 15 is 0 Å². The molecule has 3 rings (SSSR count). The van der Waals surface area contributed by atoms with E-state index in [2.05, 4.69) is 9.80 Å². The molecule has 1 N–H and O–H groups in total. The number of piperazine rings is 1. The first-order valence-corrected chi connectivity index (χ1v) is 8.10. The molecule has 0 aliphatic carbocycles. The lowest BCUT2D eigenvalue weighted by Gasteiger charge is -2.36. The van der Waals surface area contributed by atoms with Gasteiger partial charge in [0.25, 0.3) is 5.69 Å². The Morgan fingerprint density at radius 2 is 1.88 bits per heavy atom. The lowest BCUT2D eigenvalue weighted by atomic mass is 10.1. The van der Waals surface area contributed by atoms with Gasteiger partial charge in [-0.15, -0.1) is 0 Å². The number of phenolic OH excluding ortho intramolecular Hbond substituents is 1. The van der Waals surface area contributed by atoms with Crippen molar-refractivity contribution in [3.8, 4) is 5.75 Å². The molecule has 0 amide bonds. The topological polar surface area (TPSA) is 69.8 Å². The maximum atomic E-state index is 10.9. The van der Waals surface area contributed by atoms with Crippen molar-refractivity contribution in [3.63, 3.8) is 0 Å². The van der Waals surface area contributed by atoms with E-state index in [4.69, 9.17) is 11.6 Å². The molecule has 0 bridgehead atoms. The van der Waals surface area contributed by atoms with Crippen LogP contribution in [0.4, 0.5) is 11.4 Å². The van der Waals surface area contributed by atoms with Gasteiger partial charge in [0.05, 0.1) is 4.92 Å². The fourth-order valence-corrected chi connectivity index (χ4v) is 3.07. The monoisotopic (exact) mass is 347 g/mol. The second kappa shape index (κ2) is 7.07. The Morgan fingerprint density at radius 3 is 2.54 bits per heavy atom. The molecule has 7 heteroatoms. The van der Waals surface area contributed by atoms with Gasteiger partial charge in [0, 0.05) is 61.1 Å². The summed E-state index contributed by atoms with van der Waals surface area (Å²) in [6, 6.07) is 11.9. The second-order valence-corrected chi connectivity index (χ2v) is 6.25. The molecule has 0 spiro atoms. The van der Waals surface area contributed by atoms with Crippen LogP contribution >= 0.6 is 11.6 Å². The van der Waals surface area contributed by atoms with E-state index < -0.39 is 4.92 Å². The van der Waals surface area contributed by atoms with Crippen LogP contribution < -0.4 is 4.90 Å². The van der Waals surface area contributed by atoms with Crippen molar-refractivity contribution in [2.45, 2.75) is 6.54 Å². The summed E-state index contributed by atoms with van der Waals surface area (Å²) in [5.41, 5.74) is 1.68. The number of phenols is 1. The predicted octanol–water partition coefficient (Wildman–Crippen LogP) is 3.28. The first-order chi connectivity index (χ1) is 11.5. The molecule has 126 valence electrons. The lowest BCUT2D eigenvalue weighted by molar-refractivity contribution is -0.385. The molecule has 0 radical (unpaired) electrons. The molecular formula is C17H18ClN3O3. The van der Waals surface area contributed by atoms with Crippen LogP contribution in [0.25, 0.3) is 0 Å². The molecule has 1 aliphatic rings. The maximum absolute atomic E-state index is 10.9. The molecule has 2 aromatic carbocycles. The Morgan fingerprint density at radius 1 is 1.12 bits per heavy atom. The molecule has 1 heterocycles. The van der Waals surface area contributed by atoms with Crippen LogP contribution in [-0.4, -0.2) is 41.1 Å². The Labute approximate surface area is 145 Å². The number of nitro groups is 1. The molecule has 0 unspecified atom stereocenters. The van der Waals surface area contributed by atoms with Crippen molar-refractivity contribution in [2.75, 3.05) is 31.1 Å². The molecule has 2 aromatic rings. The number of benzene rings is 2. The maximum Gasteiger partial charge on any atom is 0.270 e. The Hall–Kier alpha value is -2.31. The summed E-state index contributed by atoms with van der Waals surface area (Å²) in [5.74, 6) is 0.0953. The fourth-order valence-electron chi connectivity index (χ4n) is 2.89. The highest BCUT2D eigenvalue weighted by Gasteiger charge is 2.19. The number of nitro benzene ring substituents is 1. The summed E-state index contributed by atoms with van der Waals surface area (Å²) in [5, 5.41) is 21.5. The van der Waals surface area contributed by atoms with E-state index in [1.54, 1.807) is 0 Å². The first-order valence-electron chi connectivity index (χ1n) is 7.72. The average Bonchev–Trinajstić information content (AvgIpc) is 2.57. The quantitative estimate of drug-likeness (QED) is 0.679. The van der Waals surface area contributed by atoms with Crippen molar-refractivity contribution >= 4 is 23.0 Å². The molecule has 1 saturated heterocycles. The van der Waals surface area contributed by atoms with Crippen LogP contribution in [-0.2, 0) is 6.54 Å². The molecule has 6 nitrogen and oxygen atoms in total. The van der Waals surface area contributed by atoms with E-state index in [-0.39, 0.29) is 11.4 Å². The van der Waals surface area contributed by atoms with E-state index in [0.29, 0.717) is 12.1 Å². The summed E-state index contributed by atoms with van der Waals surface area (Å²) in [4.78, 5) is 14.9. The molecule has 0 saturated carbocycles. The fraction of sp³-hybridized carbons (Fsp3) is 0.294. The highest BCUT2D eigenvalue weighted by Crippen LogP contribution is 2.26. The van der Waals surface area contributed by atoms with E-state index in [1.807, 2.05) is 24.3 Å². The van der Waals surface area contributed by atoms with Gasteiger partial charge in [0.15, 0.2) is 0 Å². The number of rotatable bonds is 4. The van der Waals surface area contributed by atoms with Gasteiger partial charge >= 0.3 is 0 Å². The number of hydrogen-bond donors (Lipinski definition) is 1. The Kier molecular flexibility index (Phi) is 4.87. The van der Waals surface area contributed by atoms with Crippen molar-refractivity contribution in [2.24, 2.45) is 0 Å². The first kappa shape index (κ1) is 16.5. The average molecular weight is 348 g/mol. The third-order valence-corrected chi connectivity index (χ3v) is 4.45. The third kappa shape index (κ3) is 3.77. The van der Waals surface area contributed by atoms with Crippen molar-refractivity contribution < 1.29 is 10.0 Å². The zero-order chi connectivity index (χ0) is 17.1. The van der Waals surface area contributed by atoms with E-state index in [0.717, 1.165) is 36.9 Å². The molecule has 24 heavy (non-hydrogen) atoms. The van der Waals surface area contributed by atoms with Crippen molar-refractivity contribution in [3.05, 3.63) is 63.2 Å². The van der Waals surface area contributed by atoms with Crippen molar-refractivity contribution in [1.29, 1.82) is 0 Å². The largest absolute Gasteiger partial charge is 0.508 e. The number of nitrogens with zero attached hydrogens (tertiary/aromatic N) is 3. The van der Waals surface area contributed by atoms with Crippen LogP contribution in [0.15, 0.2) is 42.5 Å². The van der Waals surface area contributed by atoms with Gasteiger partial charge in [0.1, 0.15) is 5.75 Å². The summed E-state index contributed by atoms with van der Waals surface area (Å²) in [6.45, 7) is 3.81. The SMILES string of the molecule is O=[N+]([O-])c1ccc(O)c(CN2CCN(c3cccc(Cl)c3)CC2)c1. The molecule has 1 fully saturated rings. The van der Waals surface area contributed by atoms with Crippen molar-refractivity contribution in [1.82, 2.24) is 4.90 Å². The van der Waals surface area contributed by atoms with E-state index in [1.165, 1.54) is 18.2 Å². The minimum atomic E-state index is -0.444. The zero-order valence-electron chi connectivity index (χ0n) is 13.1. The van der Waals surface area contributed by atoms with Gasteiger partial charge in [-0.2, -0.15) is 0 Å². The van der Waals surface area contributed by atoms with Gasteiger partial charge in [-0.05, 0) is 24.3 Å². The van der Waals surface area contributed by atoms with Gasteiger partial charge < -0.3 is 10.0 Å². The molecule has 0 atom stereocenters. The summed E-state index contributed by atoms with van der Waals surface area (Å²) in [6.07, 6.45) is 0. The van der Waals surface area contributed by atoms with Gasteiger partial charge in [0.2, 0.25) is 0 Å². The minimum absolute atomic E-state index is 0.000336. The van der Waals surface area contributed by atoms with E-state index in [9.17, 15) is 15.2 Å². The van der Waals surface area contributed by atoms with Crippen LogP contribution in [0.5, 0.6) is 5.75 Å². The Balaban J connectivity index is 1.63. The number of anilines is 1. The smallest absolute Gasteiger partial charge is 0.270 e. The normalized spacial score (nSPS) is 15.5. The van der Waals surface area contributed by atoms with Gasteiger partial charge in [-0.25, -0.2) is 0 Å². The highest BCUT2D eigenvalue weighted by molar-refractivity contribution is 6.30. The Bertz CT molecular complexity index is 746. The highest BCUT2D eigenvalue weighted by atomic mass is 35.5. The standard InChI is InChI=1S/C17H18ClN3O3/c18-14-2-1-3-15(11-14)20-8-6-19(7-9-20)12-13-10-16(21(23)24)4-5-17(13)22/h1-5,10-11,22H,6-9,12H2. The third-order valence-electron chi connectivity index (χ3n) is 4.21. The molecule has 1 aliphatic heterocycles. The second-order valence-electron chi connectivity index (χ2n) is 5.81. The number of aromatic hydroxyl groups is 1. The van der Waals surface area contributed by atoms with Crippen LogP contribution in [0.2, 0.25) is 5.02 Å². The number of hydrogen-bond acceptors (Lipinski definition) is 5. The van der Waals surface area contributed by atoms with Crippen LogP contribution in [0.3, 0.4) is 0 Å². The lowest BCUT2D eigenvalue weighted by Crippen LogP contribution is -2.45. The summed E-state index contributed by atoms with van der Waals surface area (Å²) >= 11 is 6.04. The van der Waals surface area contributed by atoms with Crippen LogP contribution in [0.1, 0.15) is 5.56 Å². The number of non-ortho nitro benzene ring substituents is 1. The number of halogens is 1. The zero-order valence-corrected chi connectivity index (χ0v) is 13.8. The minimum Gasteiger partial charge on any atom is -0.508 e. The summed E-state index contributed by atoms with van der Waals surface area (Å²) < 4.78 is 0. The van der Waals surface area contributed by atoms with Crippen LogP contribution in [0, 0.1) is 10.1 Å². The van der Waals surface area contributed by atoms with Gasteiger partial charge in [-0.3, -0.25) is 15.0 Å². The molecular weight excluding hydrogens is 330 g/mol.